The van der Waals surface area contributed by atoms with Crippen LogP contribution in [0.2, 0.25) is 0 Å². The molecule has 0 radical (unpaired) electrons. The van der Waals surface area contributed by atoms with E-state index in [0.717, 1.165) is 30.2 Å². The average molecular weight is 361 g/mol. The first-order valence-corrected chi connectivity index (χ1v) is 9.66. The van der Waals surface area contributed by atoms with E-state index in [-0.39, 0.29) is 42.1 Å². The molecule has 3 rings (SSSR count). The molecule has 0 saturated carbocycles. The van der Waals surface area contributed by atoms with Gasteiger partial charge < -0.3 is 10.6 Å². The number of imide groups is 1. The summed E-state index contributed by atoms with van der Waals surface area (Å²) in [4.78, 5) is 36.2. The summed E-state index contributed by atoms with van der Waals surface area (Å²) in [6.45, 7) is 2.42. The Hall–Kier alpha value is -2.02. The van der Waals surface area contributed by atoms with Crippen molar-refractivity contribution in [3.8, 4) is 0 Å². The van der Waals surface area contributed by atoms with Gasteiger partial charge in [0.15, 0.2) is 0 Å². The molecule has 25 heavy (non-hydrogen) atoms. The normalized spacial score (nSPS) is 18.0. The molecule has 6 nitrogen and oxygen atoms in total. The van der Waals surface area contributed by atoms with Gasteiger partial charge in [0.2, 0.25) is 5.91 Å². The van der Waals surface area contributed by atoms with Crippen molar-refractivity contribution in [3.63, 3.8) is 0 Å². The van der Waals surface area contributed by atoms with E-state index in [9.17, 15) is 14.4 Å². The van der Waals surface area contributed by atoms with Gasteiger partial charge in [0.25, 0.3) is 5.24 Å². The lowest BCUT2D eigenvalue weighted by Crippen LogP contribution is -2.42. The van der Waals surface area contributed by atoms with Crippen molar-refractivity contribution in [2.45, 2.75) is 38.6 Å². The van der Waals surface area contributed by atoms with Crippen LogP contribution < -0.4 is 10.6 Å². The summed E-state index contributed by atoms with van der Waals surface area (Å²) >= 11 is 1.00. The lowest BCUT2D eigenvalue weighted by atomic mass is 9.89. The molecule has 4 amide bonds. The van der Waals surface area contributed by atoms with Crippen LogP contribution in [0.3, 0.4) is 0 Å². The molecule has 7 heteroatoms. The number of carbonyl (C=O) groups excluding carboxylic acids is 3. The lowest BCUT2D eigenvalue weighted by molar-refractivity contribution is -0.124. The highest BCUT2D eigenvalue weighted by atomic mass is 32.2. The van der Waals surface area contributed by atoms with E-state index in [4.69, 9.17) is 0 Å². The summed E-state index contributed by atoms with van der Waals surface area (Å²) in [5.74, 6) is 0.0000519. The maximum absolute atomic E-state index is 12.0. The van der Waals surface area contributed by atoms with Crippen LogP contribution in [0.1, 0.15) is 42.5 Å². The summed E-state index contributed by atoms with van der Waals surface area (Å²) < 4.78 is 0. The molecule has 0 unspecified atom stereocenters. The van der Waals surface area contributed by atoms with Gasteiger partial charge in [0.1, 0.15) is 0 Å². The zero-order chi connectivity index (χ0) is 17.8. The quantitative estimate of drug-likeness (QED) is 0.845. The molecule has 1 aromatic rings. The van der Waals surface area contributed by atoms with Crippen molar-refractivity contribution < 1.29 is 14.4 Å². The Morgan fingerprint density at radius 2 is 2.00 bits per heavy atom. The molecule has 2 aliphatic rings. The molecule has 1 heterocycles. The molecule has 0 spiro atoms. The van der Waals surface area contributed by atoms with Crippen LogP contribution in [0, 0.1) is 0 Å². The third-order valence-electron chi connectivity index (χ3n) is 4.68. The molecule has 1 atom stereocenters. The highest BCUT2D eigenvalue weighted by molar-refractivity contribution is 8.14. The molecule has 2 N–H and O–H groups in total. The zero-order valence-corrected chi connectivity index (χ0v) is 15.2. The summed E-state index contributed by atoms with van der Waals surface area (Å²) in [5.41, 5.74) is 3.91. The predicted octanol–water partition coefficient (Wildman–Crippen LogP) is 2.62. The number of nitrogens with one attached hydrogen (secondary N) is 2. The van der Waals surface area contributed by atoms with Crippen molar-refractivity contribution in [2.75, 3.05) is 18.8 Å². The van der Waals surface area contributed by atoms with Crippen molar-refractivity contribution in [1.29, 1.82) is 0 Å². The van der Waals surface area contributed by atoms with Crippen molar-refractivity contribution in [2.24, 2.45) is 0 Å². The van der Waals surface area contributed by atoms with Crippen LogP contribution in [0.25, 0.3) is 0 Å². The fourth-order valence-electron chi connectivity index (χ4n) is 3.23. The zero-order valence-electron chi connectivity index (χ0n) is 14.3. The Morgan fingerprint density at radius 3 is 2.72 bits per heavy atom. The second-order valence-electron chi connectivity index (χ2n) is 6.46. The van der Waals surface area contributed by atoms with Crippen molar-refractivity contribution in [1.82, 2.24) is 15.5 Å². The van der Waals surface area contributed by atoms with Gasteiger partial charge in [-0.25, -0.2) is 4.79 Å². The second kappa shape index (κ2) is 7.91. The van der Waals surface area contributed by atoms with E-state index in [0.29, 0.717) is 0 Å². The topological polar surface area (TPSA) is 78.5 Å². The first-order valence-electron chi connectivity index (χ1n) is 8.68. The molecule has 1 aliphatic carbocycles. The van der Waals surface area contributed by atoms with Crippen LogP contribution in [-0.4, -0.2) is 40.9 Å². The standard InChI is InChI=1S/C18H23N3O3S/c1-12(14-7-6-13-4-2-3-5-15(13)10-14)20-17(23)19-8-9-21-16(22)11-25-18(21)24/h6-7,10,12H,2-5,8-9,11H2,1H3,(H2,19,20,23)/t12-/m1/s1. The Labute approximate surface area is 151 Å². The number of hydrogen-bond donors (Lipinski definition) is 2. The molecule has 1 aromatic carbocycles. The molecule has 134 valence electrons. The fraction of sp³-hybridized carbons (Fsp3) is 0.500. The number of nitrogens with zero attached hydrogens (tertiary/aromatic N) is 1. The van der Waals surface area contributed by atoms with Gasteiger partial charge in [-0.1, -0.05) is 30.0 Å². The highest BCUT2D eigenvalue weighted by Gasteiger charge is 2.29. The van der Waals surface area contributed by atoms with Gasteiger partial charge in [-0.15, -0.1) is 0 Å². The molecule has 1 aliphatic heterocycles. The van der Waals surface area contributed by atoms with Crippen LogP contribution in [0.5, 0.6) is 0 Å². The van der Waals surface area contributed by atoms with Crippen LogP contribution >= 0.6 is 11.8 Å². The van der Waals surface area contributed by atoms with E-state index >= 15 is 0 Å². The van der Waals surface area contributed by atoms with Gasteiger partial charge in [-0.2, -0.15) is 0 Å². The SMILES string of the molecule is C[C@@H](NC(=O)NCCN1C(=O)CSC1=O)c1ccc2c(c1)CCCC2. The minimum absolute atomic E-state index is 0.0992. The number of amides is 4. The fourth-order valence-corrected chi connectivity index (χ4v) is 3.98. The summed E-state index contributed by atoms with van der Waals surface area (Å²) in [5, 5.41) is 5.37. The number of hydrogen-bond acceptors (Lipinski definition) is 4. The number of rotatable bonds is 5. The average Bonchev–Trinajstić information content (AvgIpc) is 2.93. The smallest absolute Gasteiger partial charge is 0.315 e. The Balaban J connectivity index is 1.47. The third kappa shape index (κ3) is 4.34. The number of benzene rings is 1. The molecule has 1 fully saturated rings. The van der Waals surface area contributed by atoms with Gasteiger partial charge in [0.05, 0.1) is 11.8 Å². The summed E-state index contributed by atoms with van der Waals surface area (Å²) in [6.07, 6.45) is 4.73. The molecular formula is C18H23N3O3S. The molecule has 0 aromatic heterocycles. The van der Waals surface area contributed by atoms with Gasteiger partial charge in [-0.3, -0.25) is 14.5 Å². The second-order valence-corrected chi connectivity index (χ2v) is 7.38. The largest absolute Gasteiger partial charge is 0.336 e. The van der Waals surface area contributed by atoms with Crippen LogP contribution in [0.15, 0.2) is 18.2 Å². The monoisotopic (exact) mass is 361 g/mol. The van der Waals surface area contributed by atoms with E-state index in [2.05, 4.69) is 28.8 Å². The summed E-state index contributed by atoms with van der Waals surface area (Å²) in [7, 11) is 0. The first-order chi connectivity index (χ1) is 12.0. The Morgan fingerprint density at radius 1 is 1.24 bits per heavy atom. The number of urea groups is 1. The van der Waals surface area contributed by atoms with Gasteiger partial charge in [0, 0.05) is 13.1 Å². The number of carbonyl (C=O) groups is 3. The van der Waals surface area contributed by atoms with Crippen molar-refractivity contribution in [3.05, 3.63) is 34.9 Å². The first kappa shape index (κ1) is 17.8. The van der Waals surface area contributed by atoms with Crippen LogP contribution in [0.4, 0.5) is 9.59 Å². The van der Waals surface area contributed by atoms with E-state index in [1.54, 1.807) is 0 Å². The maximum atomic E-state index is 12.0. The van der Waals surface area contributed by atoms with Crippen LogP contribution in [-0.2, 0) is 17.6 Å². The predicted molar refractivity (Wildman–Crippen MR) is 97.6 cm³/mol. The number of aryl methyl sites for hydroxylation is 2. The van der Waals surface area contributed by atoms with Gasteiger partial charge in [-0.05, 0) is 49.3 Å². The number of thioether (sulfide) groups is 1. The molecular weight excluding hydrogens is 338 g/mol. The Bertz CT molecular complexity index is 676. The van der Waals surface area contributed by atoms with Gasteiger partial charge >= 0.3 is 6.03 Å². The van der Waals surface area contributed by atoms with E-state index in [1.165, 1.54) is 28.9 Å². The molecule has 0 bridgehead atoms. The van der Waals surface area contributed by atoms with E-state index < -0.39 is 0 Å². The van der Waals surface area contributed by atoms with Crippen molar-refractivity contribution >= 4 is 28.9 Å². The number of fused-ring (bicyclic) bond motifs is 1. The molecule has 1 saturated heterocycles. The highest BCUT2D eigenvalue weighted by Crippen LogP contribution is 2.24. The maximum Gasteiger partial charge on any atom is 0.315 e. The summed E-state index contributed by atoms with van der Waals surface area (Å²) in [6, 6.07) is 6.05. The van der Waals surface area contributed by atoms with E-state index in [1.807, 2.05) is 6.92 Å². The minimum Gasteiger partial charge on any atom is -0.336 e. The lowest BCUT2D eigenvalue weighted by Gasteiger charge is -2.20. The Kier molecular flexibility index (Phi) is 5.63. The third-order valence-corrected chi connectivity index (χ3v) is 5.54. The minimum atomic E-state index is -0.294.